The van der Waals surface area contributed by atoms with E-state index in [4.69, 9.17) is 15.8 Å². The summed E-state index contributed by atoms with van der Waals surface area (Å²) in [7, 11) is -1.47. The molecule has 0 aromatic heterocycles. The molecule has 0 aliphatic carbocycles. The van der Waals surface area contributed by atoms with Crippen molar-refractivity contribution in [3.05, 3.63) is 23.8 Å². The molecule has 1 aromatic rings. The Morgan fingerprint density at radius 2 is 2.08 bits per heavy atom. The fourth-order valence-corrected chi connectivity index (χ4v) is 1.44. The number of nitrogen functional groups attached to an aromatic ring is 1. The lowest BCUT2D eigenvalue weighted by molar-refractivity contribution is 0.425. The van der Waals surface area contributed by atoms with Crippen LogP contribution >= 0.6 is 0 Å². The summed E-state index contributed by atoms with van der Waals surface area (Å²) in [6.45, 7) is 2.04. The molecule has 0 unspecified atom stereocenters. The number of rotatable bonds is 3. The molecule has 4 heteroatoms. The molecule has 0 saturated carbocycles. The van der Waals surface area contributed by atoms with Crippen molar-refractivity contribution < 1.29 is 10.0 Å². The van der Waals surface area contributed by atoms with E-state index in [1.165, 1.54) is 0 Å². The van der Waals surface area contributed by atoms with Crippen molar-refractivity contribution in [1.82, 2.24) is 0 Å². The van der Waals surface area contributed by atoms with Gasteiger partial charge >= 0.3 is 7.12 Å². The van der Waals surface area contributed by atoms with Crippen LogP contribution in [0.4, 0.5) is 5.69 Å². The first-order chi connectivity index (χ1) is 6.16. The lowest BCUT2D eigenvalue weighted by Gasteiger charge is -2.10. The first-order valence-electron chi connectivity index (χ1n) is 4.40. The van der Waals surface area contributed by atoms with Crippen molar-refractivity contribution in [2.45, 2.75) is 19.8 Å². The standard InChI is InChI=1S/C9H14BNO2/c1-2-4-7-5-3-6-8(11)9(7)10(12)13/h3,5-6,12-13H,2,4,11H2,1H3. The highest BCUT2D eigenvalue weighted by molar-refractivity contribution is 6.61. The van der Waals surface area contributed by atoms with E-state index in [1.807, 2.05) is 19.1 Å². The zero-order chi connectivity index (χ0) is 9.84. The summed E-state index contributed by atoms with van der Waals surface area (Å²) in [5.74, 6) is 0. The molecule has 13 heavy (non-hydrogen) atoms. The zero-order valence-electron chi connectivity index (χ0n) is 7.70. The Bertz CT molecular complexity index is 289. The Hall–Kier alpha value is -0.995. The van der Waals surface area contributed by atoms with Gasteiger partial charge in [-0.2, -0.15) is 0 Å². The number of benzene rings is 1. The Balaban J connectivity index is 3.10. The molecule has 0 atom stereocenters. The maximum atomic E-state index is 9.09. The van der Waals surface area contributed by atoms with Crippen LogP contribution in [0.3, 0.4) is 0 Å². The topological polar surface area (TPSA) is 66.5 Å². The molecule has 70 valence electrons. The van der Waals surface area contributed by atoms with Crippen LogP contribution in [0.5, 0.6) is 0 Å². The minimum Gasteiger partial charge on any atom is -0.423 e. The summed E-state index contributed by atoms with van der Waals surface area (Å²) < 4.78 is 0. The van der Waals surface area contributed by atoms with Gasteiger partial charge in [0.25, 0.3) is 0 Å². The third-order valence-corrected chi connectivity index (χ3v) is 2.01. The summed E-state index contributed by atoms with van der Waals surface area (Å²) in [5.41, 5.74) is 7.44. The predicted octanol–water partition coefficient (Wildman–Crippen LogP) is -0.0989. The van der Waals surface area contributed by atoms with Crippen molar-refractivity contribution in [3.8, 4) is 0 Å². The molecule has 0 heterocycles. The van der Waals surface area contributed by atoms with Crippen LogP contribution in [0, 0.1) is 0 Å². The second-order valence-electron chi connectivity index (χ2n) is 3.04. The van der Waals surface area contributed by atoms with Crippen LogP contribution in [0.15, 0.2) is 18.2 Å². The summed E-state index contributed by atoms with van der Waals surface area (Å²) in [6, 6.07) is 5.37. The van der Waals surface area contributed by atoms with Crippen LogP contribution in [0.25, 0.3) is 0 Å². The Kier molecular flexibility index (Phi) is 3.34. The van der Waals surface area contributed by atoms with E-state index in [-0.39, 0.29) is 0 Å². The maximum absolute atomic E-state index is 9.09. The van der Waals surface area contributed by atoms with Crippen LogP contribution in [0.1, 0.15) is 18.9 Å². The van der Waals surface area contributed by atoms with Gasteiger partial charge in [0.2, 0.25) is 0 Å². The summed E-state index contributed by atoms with van der Waals surface area (Å²) in [5, 5.41) is 18.2. The van der Waals surface area contributed by atoms with Crippen molar-refractivity contribution in [3.63, 3.8) is 0 Å². The molecule has 0 fully saturated rings. The lowest BCUT2D eigenvalue weighted by atomic mass is 9.75. The maximum Gasteiger partial charge on any atom is 0.490 e. The monoisotopic (exact) mass is 179 g/mol. The number of aryl methyl sites for hydroxylation is 1. The molecular formula is C9H14BNO2. The third-order valence-electron chi connectivity index (χ3n) is 2.01. The van der Waals surface area contributed by atoms with Gasteiger partial charge in [-0.1, -0.05) is 25.5 Å². The molecule has 0 amide bonds. The van der Waals surface area contributed by atoms with Gasteiger partial charge in [0.05, 0.1) is 0 Å². The molecule has 0 saturated heterocycles. The number of anilines is 1. The van der Waals surface area contributed by atoms with Crippen LogP contribution in [0.2, 0.25) is 0 Å². The Morgan fingerprint density at radius 3 is 2.62 bits per heavy atom. The largest absolute Gasteiger partial charge is 0.490 e. The molecular weight excluding hydrogens is 165 g/mol. The molecule has 0 aliphatic rings. The average molecular weight is 179 g/mol. The van der Waals surface area contributed by atoms with Crippen LogP contribution < -0.4 is 11.2 Å². The van der Waals surface area contributed by atoms with Gasteiger partial charge in [-0.15, -0.1) is 0 Å². The first kappa shape index (κ1) is 10.1. The fraction of sp³-hybridized carbons (Fsp3) is 0.333. The van der Waals surface area contributed by atoms with E-state index in [9.17, 15) is 0 Å². The minimum absolute atomic E-state index is 0.445. The highest BCUT2D eigenvalue weighted by atomic mass is 16.4. The predicted molar refractivity (Wildman–Crippen MR) is 54.7 cm³/mol. The van der Waals surface area contributed by atoms with Gasteiger partial charge in [0.15, 0.2) is 0 Å². The van der Waals surface area contributed by atoms with Gasteiger partial charge in [-0.25, -0.2) is 0 Å². The normalized spacial score (nSPS) is 10.1. The van der Waals surface area contributed by atoms with Crippen molar-refractivity contribution in [2.24, 2.45) is 0 Å². The molecule has 0 bridgehead atoms. The Labute approximate surface area is 78.3 Å². The average Bonchev–Trinajstić information content (AvgIpc) is 2.04. The van der Waals surface area contributed by atoms with E-state index in [0.29, 0.717) is 11.2 Å². The number of nitrogens with two attached hydrogens (primary N) is 1. The molecule has 4 N–H and O–H groups in total. The molecule has 1 aromatic carbocycles. The smallest absolute Gasteiger partial charge is 0.423 e. The van der Waals surface area contributed by atoms with E-state index < -0.39 is 7.12 Å². The van der Waals surface area contributed by atoms with Crippen LogP contribution in [-0.4, -0.2) is 17.2 Å². The fourth-order valence-electron chi connectivity index (χ4n) is 1.44. The molecule has 0 radical (unpaired) electrons. The molecule has 3 nitrogen and oxygen atoms in total. The lowest BCUT2D eigenvalue weighted by Crippen LogP contribution is -2.35. The molecule has 0 spiro atoms. The Morgan fingerprint density at radius 1 is 1.38 bits per heavy atom. The number of hydrogen-bond donors (Lipinski definition) is 3. The zero-order valence-corrected chi connectivity index (χ0v) is 7.70. The minimum atomic E-state index is -1.47. The molecule has 0 aliphatic heterocycles. The first-order valence-corrected chi connectivity index (χ1v) is 4.40. The highest BCUT2D eigenvalue weighted by Gasteiger charge is 2.18. The quantitative estimate of drug-likeness (QED) is 0.448. The van der Waals surface area contributed by atoms with Gasteiger partial charge in [-0.05, 0) is 18.1 Å². The van der Waals surface area contributed by atoms with Gasteiger partial charge in [0.1, 0.15) is 0 Å². The van der Waals surface area contributed by atoms with Crippen molar-refractivity contribution in [1.29, 1.82) is 0 Å². The van der Waals surface area contributed by atoms with Gasteiger partial charge < -0.3 is 15.8 Å². The second kappa shape index (κ2) is 4.30. The van der Waals surface area contributed by atoms with E-state index in [1.54, 1.807) is 6.07 Å². The summed E-state index contributed by atoms with van der Waals surface area (Å²) in [4.78, 5) is 0. The second-order valence-corrected chi connectivity index (χ2v) is 3.04. The van der Waals surface area contributed by atoms with Crippen LogP contribution in [-0.2, 0) is 6.42 Å². The summed E-state index contributed by atoms with van der Waals surface area (Å²) in [6.07, 6.45) is 1.78. The van der Waals surface area contributed by atoms with Crippen molar-refractivity contribution >= 4 is 18.3 Å². The molecule has 1 rings (SSSR count). The van der Waals surface area contributed by atoms with Gasteiger partial charge in [-0.3, -0.25) is 0 Å². The summed E-state index contributed by atoms with van der Waals surface area (Å²) >= 11 is 0. The van der Waals surface area contributed by atoms with E-state index >= 15 is 0 Å². The van der Waals surface area contributed by atoms with Crippen molar-refractivity contribution in [2.75, 3.05) is 5.73 Å². The SMILES string of the molecule is CCCc1cccc(N)c1B(O)O. The third kappa shape index (κ3) is 2.23. The number of hydrogen-bond acceptors (Lipinski definition) is 3. The van der Waals surface area contributed by atoms with Gasteiger partial charge in [0, 0.05) is 11.2 Å². The van der Waals surface area contributed by atoms with E-state index in [2.05, 4.69) is 0 Å². The van der Waals surface area contributed by atoms with E-state index in [0.717, 1.165) is 18.4 Å². The highest BCUT2D eigenvalue weighted by Crippen LogP contribution is 2.06.